The zero-order chi connectivity index (χ0) is 19.8. The molecule has 0 aliphatic heterocycles. The zero-order valence-electron chi connectivity index (χ0n) is 16.8. The number of benzene rings is 1. The summed E-state index contributed by atoms with van der Waals surface area (Å²) in [7, 11) is 0. The van der Waals surface area contributed by atoms with E-state index in [9.17, 15) is 9.59 Å². The van der Waals surface area contributed by atoms with Crippen LogP contribution in [-0.4, -0.2) is 34.2 Å². The second-order valence-electron chi connectivity index (χ2n) is 6.88. The van der Waals surface area contributed by atoms with Crippen LogP contribution in [0.4, 0.5) is 0 Å². The summed E-state index contributed by atoms with van der Waals surface area (Å²) in [6.07, 6.45) is 1.25. The summed E-state index contributed by atoms with van der Waals surface area (Å²) in [5.41, 5.74) is 1.09. The number of hydrogen-bond acceptors (Lipinski definition) is 3. The summed E-state index contributed by atoms with van der Waals surface area (Å²) in [5.74, 6) is 0.0244. The Balaban J connectivity index is 2.19. The van der Waals surface area contributed by atoms with Gasteiger partial charge in [-0.3, -0.25) is 9.59 Å². The number of amides is 2. The third-order valence-electron chi connectivity index (χ3n) is 4.76. The van der Waals surface area contributed by atoms with Gasteiger partial charge in [0.15, 0.2) is 0 Å². The van der Waals surface area contributed by atoms with Crippen LogP contribution < -0.4 is 0 Å². The predicted octanol–water partition coefficient (Wildman–Crippen LogP) is 4.62. The van der Waals surface area contributed by atoms with Crippen LogP contribution in [0.5, 0.6) is 0 Å². The minimum atomic E-state index is -0.00740. The summed E-state index contributed by atoms with van der Waals surface area (Å²) in [4.78, 5) is 31.5. The Bertz CT molecular complexity index is 742. The van der Waals surface area contributed by atoms with E-state index in [2.05, 4.69) is 19.1 Å². The van der Waals surface area contributed by atoms with Crippen molar-refractivity contribution in [3.8, 4) is 0 Å². The monoisotopic (exact) mass is 386 g/mol. The number of rotatable bonds is 9. The molecule has 0 saturated heterocycles. The highest BCUT2D eigenvalue weighted by atomic mass is 32.1. The van der Waals surface area contributed by atoms with E-state index in [1.807, 2.05) is 56.0 Å². The molecule has 27 heavy (non-hydrogen) atoms. The molecule has 1 aromatic heterocycles. The molecule has 0 fully saturated rings. The van der Waals surface area contributed by atoms with Gasteiger partial charge >= 0.3 is 0 Å². The SMILES string of the molecule is CCC(=O)N(CC(=O)N(Cc1ccccc1)Cc1ccc(C)s1)[C@@H](C)CC. The molecule has 5 heteroatoms. The van der Waals surface area contributed by atoms with Crippen LogP contribution >= 0.6 is 11.3 Å². The van der Waals surface area contributed by atoms with Gasteiger partial charge in [-0.15, -0.1) is 11.3 Å². The van der Waals surface area contributed by atoms with E-state index in [1.165, 1.54) is 4.88 Å². The number of carbonyl (C=O) groups is 2. The third-order valence-corrected chi connectivity index (χ3v) is 5.75. The number of carbonyl (C=O) groups excluding carboxylic acids is 2. The average Bonchev–Trinajstić information content (AvgIpc) is 3.09. The Hall–Kier alpha value is -2.14. The molecule has 0 saturated carbocycles. The largest absolute Gasteiger partial charge is 0.332 e. The van der Waals surface area contributed by atoms with Crippen LogP contribution in [0.15, 0.2) is 42.5 Å². The highest BCUT2D eigenvalue weighted by Gasteiger charge is 2.24. The zero-order valence-corrected chi connectivity index (χ0v) is 17.6. The standard InChI is InChI=1S/C22H30N2O2S/c1-5-17(3)24(21(25)6-2)16-22(26)23(14-19-10-8-7-9-11-19)15-20-13-12-18(4)27-20/h7-13,17H,5-6,14-16H2,1-4H3/t17-/m0/s1. The molecule has 1 aromatic carbocycles. The first-order valence-electron chi connectivity index (χ1n) is 9.61. The second-order valence-corrected chi connectivity index (χ2v) is 8.25. The molecule has 0 aliphatic carbocycles. The summed E-state index contributed by atoms with van der Waals surface area (Å²) < 4.78 is 0. The maximum atomic E-state index is 13.1. The molecule has 146 valence electrons. The molecular weight excluding hydrogens is 356 g/mol. The van der Waals surface area contributed by atoms with E-state index in [1.54, 1.807) is 16.2 Å². The van der Waals surface area contributed by atoms with Crippen molar-refractivity contribution < 1.29 is 9.59 Å². The quantitative estimate of drug-likeness (QED) is 0.631. The Labute approximate surface area is 166 Å². The van der Waals surface area contributed by atoms with E-state index in [4.69, 9.17) is 0 Å². The van der Waals surface area contributed by atoms with Crippen LogP contribution in [0.2, 0.25) is 0 Å². The number of thiophene rings is 1. The van der Waals surface area contributed by atoms with Gasteiger partial charge in [0.25, 0.3) is 0 Å². The lowest BCUT2D eigenvalue weighted by Gasteiger charge is -2.31. The normalized spacial score (nSPS) is 11.9. The second kappa shape index (κ2) is 10.3. The molecule has 0 radical (unpaired) electrons. The molecule has 2 aromatic rings. The summed E-state index contributed by atoms with van der Waals surface area (Å²) >= 11 is 1.71. The highest BCUT2D eigenvalue weighted by molar-refractivity contribution is 7.11. The van der Waals surface area contributed by atoms with Crippen LogP contribution in [0.25, 0.3) is 0 Å². The van der Waals surface area contributed by atoms with Crippen molar-refractivity contribution >= 4 is 23.2 Å². The van der Waals surface area contributed by atoms with Gasteiger partial charge in [-0.05, 0) is 38.0 Å². The minimum Gasteiger partial charge on any atom is -0.332 e. The van der Waals surface area contributed by atoms with Crippen molar-refractivity contribution in [2.24, 2.45) is 0 Å². The maximum Gasteiger partial charge on any atom is 0.242 e. The van der Waals surface area contributed by atoms with Gasteiger partial charge in [0, 0.05) is 28.8 Å². The lowest BCUT2D eigenvalue weighted by Crippen LogP contribution is -2.46. The predicted molar refractivity (Wildman–Crippen MR) is 112 cm³/mol. The molecule has 0 aliphatic rings. The fourth-order valence-corrected chi connectivity index (χ4v) is 3.86. The Kier molecular flexibility index (Phi) is 8.04. The molecule has 4 nitrogen and oxygen atoms in total. The molecule has 0 unspecified atom stereocenters. The van der Waals surface area contributed by atoms with E-state index in [0.29, 0.717) is 19.5 Å². The van der Waals surface area contributed by atoms with Crippen molar-refractivity contribution in [1.29, 1.82) is 0 Å². The molecule has 1 heterocycles. The van der Waals surface area contributed by atoms with Gasteiger partial charge in [0.1, 0.15) is 6.54 Å². The smallest absolute Gasteiger partial charge is 0.242 e. The van der Waals surface area contributed by atoms with Crippen LogP contribution in [-0.2, 0) is 22.7 Å². The molecular formula is C22H30N2O2S. The van der Waals surface area contributed by atoms with Crippen LogP contribution in [0.3, 0.4) is 0 Å². The van der Waals surface area contributed by atoms with E-state index in [-0.39, 0.29) is 24.4 Å². The molecule has 0 bridgehead atoms. The van der Waals surface area contributed by atoms with Gasteiger partial charge in [-0.25, -0.2) is 0 Å². The lowest BCUT2D eigenvalue weighted by atomic mass is 10.2. The van der Waals surface area contributed by atoms with Crippen LogP contribution in [0.1, 0.15) is 48.9 Å². The first-order valence-corrected chi connectivity index (χ1v) is 10.4. The van der Waals surface area contributed by atoms with E-state index in [0.717, 1.165) is 16.9 Å². The first kappa shape index (κ1) is 21.2. The molecule has 2 amide bonds. The fourth-order valence-electron chi connectivity index (χ4n) is 2.95. The van der Waals surface area contributed by atoms with Crippen molar-refractivity contribution in [1.82, 2.24) is 9.80 Å². The van der Waals surface area contributed by atoms with Crippen LogP contribution in [0, 0.1) is 6.92 Å². The van der Waals surface area contributed by atoms with Crippen molar-refractivity contribution in [3.05, 3.63) is 57.8 Å². The van der Waals surface area contributed by atoms with Crippen molar-refractivity contribution in [2.75, 3.05) is 6.54 Å². The number of aryl methyl sites for hydroxylation is 1. The molecule has 0 N–H and O–H groups in total. The maximum absolute atomic E-state index is 13.1. The number of nitrogens with zero attached hydrogens (tertiary/aromatic N) is 2. The molecule has 1 atom stereocenters. The van der Waals surface area contributed by atoms with Gasteiger partial charge in [-0.2, -0.15) is 0 Å². The van der Waals surface area contributed by atoms with Gasteiger partial charge < -0.3 is 9.80 Å². The van der Waals surface area contributed by atoms with Gasteiger partial charge in [0.2, 0.25) is 11.8 Å². The molecule has 2 rings (SSSR count). The van der Waals surface area contributed by atoms with Gasteiger partial charge in [-0.1, -0.05) is 44.2 Å². The van der Waals surface area contributed by atoms with Crippen molar-refractivity contribution in [2.45, 2.75) is 59.7 Å². The third kappa shape index (κ3) is 6.21. The summed E-state index contributed by atoms with van der Waals surface area (Å²) in [5, 5.41) is 0. The average molecular weight is 387 g/mol. The Morgan fingerprint density at radius 3 is 2.26 bits per heavy atom. The highest BCUT2D eigenvalue weighted by Crippen LogP contribution is 2.19. The fraction of sp³-hybridized carbons (Fsp3) is 0.455. The Morgan fingerprint density at radius 2 is 1.70 bits per heavy atom. The minimum absolute atomic E-state index is 0.00740. The molecule has 0 spiro atoms. The Morgan fingerprint density at radius 1 is 1.00 bits per heavy atom. The van der Waals surface area contributed by atoms with E-state index < -0.39 is 0 Å². The van der Waals surface area contributed by atoms with Crippen molar-refractivity contribution in [3.63, 3.8) is 0 Å². The van der Waals surface area contributed by atoms with Gasteiger partial charge in [0.05, 0.1) is 6.54 Å². The lowest BCUT2D eigenvalue weighted by molar-refractivity contribution is -0.142. The first-order chi connectivity index (χ1) is 12.9. The topological polar surface area (TPSA) is 40.6 Å². The number of hydrogen-bond donors (Lipinski definition) is 0. The summed E-state index contributed by atoms with van der Waals surface area (Å²) in [6, 6.07) is 14.2. The van der Waals surface area contributed by atoms with E-state index >= 15 is 0 Å². The summed E-state index contributed by atoms with van der Waals surface area (Å²) in [6.45, 7) is 9.22.